The molecule has 0 amide bonds. The van der Waals surface area contributed by atoms with Gasteiger partial charge in [0.15, 0.2) is 0 Å². The van der Waals surface area contributed by atoms with Crippen LogP contribution in [-0.2, 0) is 30.3 Å². The summed E-state index contributed by atoms with van der Waals surface area (Å²) >= 11 is 0. The summed E-state index contributed by atoms with van der Waals surface area (Å²) in [4.78, 5) is 6.23. The third-order valence-corrected chi connectivity index (χ3v) is 4.55. The maximum Gasteiger partial charge on any atom is 0.238 e. The summed E-state index contributed by atoms with van der Waals surface area (Å²) in [7, 11) is -1.19. The molecule has 0 radical (unpaired) electrons. The molecular weight excluding hydrogens is 300 g/mol. The van der Waals surface area contributed by atoms with E-state index < -0.39 is 16.9 Å². The second kappa shape index (κ2) is 6.68. The van der Waals surface area contributed by atoms with E-state index in [0.29, 0.717) is 18.2 Å². The average Bonchev–Trinajstić information content (AvgIpc) is 2.95. The Morgan fingerprint density at radius 2 is 2.09 bits per heavy atom. The monoisotopic (exact) mass is 320 g/mol. The van der Waals surface area contributed by atoms with Crippen LogP contribution < -0.4 is 0 Å². The standard InChI is InChI=1S/C15H20N4O2S/c1-22(21)15-16-11-19(17-15)10-14(20)9-18-7-6-12-4-2-3-5-13(12)8-18/h2-5,11,14,20H,6-10H2,1H3/t14-,22-/m1/s1. The minimum atomic E-state index is -1.19. The van der Waals surface area contributed by atoms with Crippen molar-refractivity contribution in [2.75, 3.05) is 19.3 Å². The number of aromatic nitrogens is 3. The van der Waals surface area contributed by atoms with Gasteiger partial charge in [-0.3, -0.25) is 9.11 Å². The molecule has 0 unspecified atom stereocenters. The lowest BCUT2D eigenvalue weighted by molar-refractivity contribution is 0.0885. The third-order valence-electron chi connectivity index (χ3n) is 3.85. The van der Waals surface area contributed by atoms with Crippen molar-refractivity contribution in [3.05, 3.63) is 41.7 Å². The highest BCUT2D eigenvalue weighted by Gasteiger charge is 2.19. The van der Waals surface area contributed by atoms with E-state index in [1.165, 1.54) is 17.5 Å². The summed E-state index contributed by atoms with van der Waals surface area (Å²) in [5.74, 6) is 0. The van der Waals surface area contributed by atoms with E-state index in [1.807, 2.05) is 0 Å². The van der Waals surface area contributed by atoms with Crippen LogP contribution in [0.25, 0.3) is 0 Å². The number of fused-ring (bicyclic) bond motifs is 1. The van der Waals surface area contributed by atoms with Gasteiger partial charge in [-0.2, -0.15) is 0 Å². The van der Waals surface area contributed by atoms with E-state index in [9.17, 15) is 9.32 Å². The molecule has 2 atom stereocenters. The first-order chi connectivity index (χ1) is 10.6. The largest absolute Gasteiger partial charge is 0.390 e. The molecule has 22 heavy (non-hydrogen) atoms. The van der Waals surface area contributed by atoms with Gasteiger partial charge in [-0.25, -0.2) is 9.67 Å². The average molecular weight is 320 g/mol. The second-order valence-corrected chi connectivity index (χ2v) is 6.88. The zero-order valence-corrected chi connectivity index (χ0v) is 13.4. The van der Waals surface area contributed by atoms with E-state index in [4.69, 9.17) is 0 Å². The summed E-state index contributed by atoms with van der Waals surface area (Å²) in [6, 6.07) is 8.45. The number of β-amino-alcohol motifs (C(OH)–C–C–N with tert-alkyl or cyclic N) is 1. The van der Waals surface area contributed by atoms with Crippen LogP contribution in [0.15, 0.2) is 35.7 Å². The van der Waals surface area contributed by atoms with Gasteiger partial charge >= 0.3 is 0 Å². The molecule has 0 fully saturated rings. The maximum atomic E-state index is 11.3. The summed E-state index contributed by atoms with van der Waals surface area (Å²) in [6.07, 6.45) is 3.56. The molecule has 0 bridgehead atoms. The zero-order chi connectivity index (χ0) is 15.5. The molecule has 0 saturated carbocycles. The Morgan fingerprint density at radius 3 is 2.82 bits per heavy atom. The number of rotatable bonds is 5. The zero-order valence-electron chi connectivity index (χ0n) is 12.6. The Labute approximate surface area is 132 Å². The predicted molar refractivity (Wildman–Crippen MR) is 83.8 cm³/mol. The topological polar surface area (TPSA) is 71.2 Å². The van der Waals surface area contributed by atoms with Gasteiger partial charge in [-0.15, -0.1) is 5.10 Å². The van der Waals surface area contributed by atoms with Crippen LogP contribution in [0.3, 0.4) is 0 Å². The number of hydrogen-bond acceptors (Lipinski definition) is 5. The predicted octanol–water partition coefficient (Wildman–Crippen LogP) is 0.435. The Bertz CT molecular complexity index is 673. The number of aliphatic hydroxyl groups excluding tert-OH is 1. The highest BCUT2D eigenvalue weighted by molar-refractivity contribution is 7.84. The van der Waals surface area contributed by atoms with Crippen molar-refractivity contribution in [3.63, 3.8) is 0 Å². The minimum absolute atomic E-state index is 0.305. The van der Waals surface area contributed by atoms with Crippen molar-refractivity contribution in [3.8, 4) is 0 Å². The second-order valence-electron chi connectivity index (χ2n) is 5.61. The van der Waals surface area contributed by atoms with Gasteiger partial charge in [0.05, 0.1) is 23.4 Å². The van der Waals surface area contributed by atoms with E-state index >= 15 is 0 Å². The molecule has 1 aliphatic rings. The fraction of sp³-hybridized carbons (Fsp3) is 0.467. The molecule has 1 aliphatic heterocycles. The molecule has 118 valence electrons. The van der Waals surface area contributed by atoms with Gasteiger partial charge in [0.1, 0.15) is 6.33 Å². The minimum Gasteiger partial charge on any atom is -0.390 e. The molecule has 6 nitrogen and oxygen atoms in total. The van der Waals surface area contributed by atoms with Crippen molar-refractivity contribution in [1.29, 1.82) is 0 Å². The quantitative estimate of drug-likeness (QED) is 0.865. The lowest BCUT2D eigenvalue weighted by atomic mass is 10.00. The van der Waals surface area contributed by atoms with E-state index in [2.05, 4.69) is 39.2 Å². The van der Waals surface area contributed by atoms with Crippen LogP contribution in [-0.4, -0.2) is 54.4 Å². The molecule has 1 aromatic carbocycles. The Morgan fingerprint density at radius 1 is 1.32 bits per heavy atom. The molecule has 2 heterocycles. The van der Waals surface area contributed by atoms with E-state index in [0.717, 1.165) is 19.5 Å². The first kappa shape index (κ1) is 15.3. The van der Waals surface area contributed by atoms with Crippen molar-refractivity contribution >= 4 is 10.8 Å². The summed E-state index contributed by atoms with van der Waals surface area (Å²) in [5, 5.41) is 14.7. The maximum absolute atomic E-state index is 11.3. The van der Waals surface area contributed by atoms with E-state index in [-0.39, 0.29) is 0 Å². The third kappa shape index (κ3) is 3.60. The summed E-state index contributed by atoms with van der Waals surface area (Å²) in [5.41, 5.74) is 2.74. The Hall–Kier alpha value is -1.57. The molecular formula is C15H20N4O2S. The molecule has 0 saturated heterocycles. The molecule has 1 N–H and O–H groups in total. The van der Waals surface area contributed by atoms with Gasteiger partial charge in [0.2, 0.25) is 5.16 Å². The van der Waals surface area contributed by atoms with Gasteiger partial charge in [-0.05, 0) is 17.5 Å². The van der Waals surface area contributed by atoms with Gasteiger partial charge in [0, 0.05) is 25.9 Å². The molecule has 0 spiro atoms. The van der Waals surface area contributed by atoms with Crippen LogP contribution >= 0.6 is 0 Å². The normalized spacial score (nSPS) is 17.9. The van der Waals surface area contributed by atoms with Crippen LogP contribution in [0.2, 0.25) is 0 Å². The molecule has 0 aliphatic carbocycles. The Balaban J connectivity index is 1.56. The molecule has 2 aromatic rings. The summed E-state index contributed by atoms with van der Waals surface area (Å²) < 4.78 is 12.8. The lowest BCUT2D eigenvalue weighted by Gasteiger charge is -2.30. The number of aliphatic hydroxyl groups is 1. The highest BCUT2D eigenvalue weighted by atomic mass is 32.2. The highest BCUT2D eigenvalue weighted by Crippen LogP contribution is 2.18. The smallest absolute Gasteiger partial charge is 0.238 e. The molecule has 3 rings (SSSR count). The number of benzene rings is 1. The van der Waals surface area contributed by atoms with Crippen molar-refractivity contribution in [1.82, 2.24) is 19.7 Å². The number of nitrogens with zero attached hydrogens (tertiary/aromatic N) is 4. The van der Waals surface area contributed by atoms with Crippen LogP contribution in [0.1, 0.15) is 11.1 Å². The van der Waals surface area contributed by atoms with Crippen LogP contribution in [0.5, 0.6) is 0 Å². The fourth-order valence-corrected chi connectivity index (χ4v) is 3.19. The van der Waals surface area contributed by atoms with Crippen molar-refractivity contribution in [2.45, 2.75) is 30.8 Å². The van der Waals surface area contributed by atoms with Crippen molar-refractivity contribution in [2.24, 2.45) is 0 Å². The number of hydrogen-bond donors (Lipinski definition) is 1. The summed E-state index contributed by atoms with van der Waals surface area (Å²) in [6.45, 7) is 2.78. The molecule has 7 heteroatoms. The van der Waals surface area contributed by atoms with Gasteiger partial charge in [0.25, 0.3) is 0 Å². The van der Waals surface area contributed by atoms with Gasteiger partial charge < -0.3 is 5.11 Å². The Kier molecular flexibility index (Phi) is 4.66. The van der Waals surface area contributed by atoms with Crippen LogP contribution in [0.4, 0.5) is 0 Å². The van der Waals surface area contributed by atoms with Crippen LogP contribution in [0, 0.1) is 0 Å². The van der Waals surface area contributed by atoms with E-state index in [1.54, 1.807) is 10.9 Å². The molecule has 1 aromatic heterocycles. The van der Waals surface area contributed by atoms with Gasteiger partial charge in [-0.1, -0.05) is 24.3 Å². The SMILES string of the molecule is C[S@@](=O)c1ncn(C[C@H](O)CN2CCc3ccccc3C2)n1. The lowest BCUT2D eigenvalue weighted by Crippen LogP contribution is -2.38. The van der Waals surface area contributed by atoms with Crippen molar-refractivity contribution < 1.29 is 9.32 Å². The fourth-order valence-electron chi connectivity index (χ4n) is 2.78. The first-order valence-electron chi connectivity index (χ1n) is 7.32. The first-order valence-corrected chi connectivity index (χ1v) is 8.87.